The van der Waals surface area contributed by atoms with Crippen molar-refractivity contribution in [1.82, 2.24) is 25.1 Å². The predicted octanol–water partition coefficient (Wildman–Crippen LogP) is 0.577. The zero-order chi connectivity index (χ0) is 25.7. The van der Waals surface area contributed by atoms with Crippen LogP contribution < -0.4 is 10.6 Å². The SMILES string of the molecule is C[C@@H](O)[C@H](NC(=O)c1cccnc1)C(=O)N1CCC[C@H]1C(=O)N1CCC[C@H]1C(=O)Nc1cccnc1. The lowest BCUT2D eigenvalue weighted by Crippen LogP contribution is -2.58. The lowest BCUT2D eigenvalue weighted by molar-refractivity contribution is -0.147. The zero-order valence-electron chi connectivity index (χ0n) is 20.0. The van der Waals surface area contributed by atoms with Gasteiger partial charge in [0, 0.05) is 31.7 Å². The van der Waals surface area contributed by atoms with E-state index in [1.165, 1.54) is 35.3 Å². The number of nitrogens with one attached hydrogen (secondary N) is 2. The topological polar surface area (TPSA) is 145 Å². The van der Waals surface area contributed by atoms with Gasteiger partial charge in [-0.25, -0.2) is 0 Å². The van der Waals surface area contributed by atoms with E-state index in [1.54, 1.807) is 30.5 Å². The molecule has 2 aliphatic rings. The van der Waals surface area contributed by atoms with Crippen LogP contribution in [-0.2, 0) is 14.4 Å². The Morgan fingerprint density at radius 1 is 0.972 bits per heavy atom. The number of carbonyl (C=O) groups is 4. The molecule has 0 saturated carbocycles. The maximum Gasteiger partial charge on any atom is 0.253 e. The Bertz CT molecular complexity index is 1100. The van der Waals surface area contributed by atoms with E-state index in [0.29, 0.717) is 44.5 Å². The molecular formula is C25H30N6O5. The summed E-state index contributed by atoms with van der Waals surface area (Å²) in [7, 11) is 0. The molecule has 0 aliphatic carbocycles. The van der Waals surface area contributed by atoms with Crippen molar-refractivity contribution in [2.75, 3.05) is 18.4 Å². The van der Waals surface area contributed by atoms with Crippen LogP contribution in [0.15, 0.2) is 49.1 Å². The monoisotopic (exact) mass is 494 g/mol. The van der Waals surface area contributed by atoms with Crippen LogP contribution in [0.4, 0.5) is 5.69 Å². The van der Waals surface area contributed by atoms with E-state index in [0.717, 1.165) is 0 Å². The number of nitrogens with zero attached hydrogens (tertiary/aromatic N) is 4. The van der Waals surface area contributed by atoms with E-state index in [-0.39, 0.29) is 17.4 Å². The molecule has 11 nitrogen and oxygen atoms in total. The Morgan fingerprint density at radius 2 is 1.64 bits per heavy atom. The fraction of sp³-hybridized carbons (Fsp3) is 0.440. The molecule has 0 spiro atoms. The van der Waals surface area contributed by atoms with Gasteiger partial charge in [0.05, 0.1) is 23.6 Å². The van der Waals surface area contributed by atoms with Crippen molar-refractivity contribution in [1.29, 1.82) is 0 Å². The van der Waals surface area contributed by atoms with E-state index in [1.807, 2.05) is 0 Å². The van der Waals surface area contributed by atoms with Gasteiger partial charge in [0.25, 0.3) is 5.91 Å². The van der Waals surface area contributed by atoms with Gasteiger partial charge in [0.2, 0.25) is 17.7 Å². The molecule has 3 N–H and O–H groups in total. The molecule has 0 unspecified atom stereocenters. The Morgan fingerprint density at radius 3 is 2.28 bits per heavy atom. The lowest BCUT2D eigenvalue weighted by atomic mass is 10.1. The molecule has 2 aliphatic heterocycles. The van der Waals surface area contributed by atoms with Crippen molar-refractivity contribution in [2.45, 2.75) is 56.8 Å². The normalized spacial score (nSPS) is 21.1. The summed E-state index contributed by atoms with van der Waals surface area (Å²) in [4.78, 5) is 63.3. The largest absolute Gasteiger partial charge is 0.391 e. The van der Waals surface area contributed by atoms with E-state index in [9.17, 15) is 24.3 Å². The highest BCUT2D eigenvalue weighted by Crippen LogP contribution is 2.26. The highest BCUT2D eigenvalue weighted by molar-refractivity contribution is 6.00. The number of pyridine rings is 2. The first-order valence-electron chi connectivity index (χ1n) is 12.1. The lowest BCUT2D eigenvalue weighted by Gasteiger charge is -2.33. The molecule has 0 bridgehead atoms. The number of aromatic nitrogens is 2. The third kappa shape index (κ3) is 5.51. The van der Waals surface area contributed by atoms with Crippen LogP contribution >= 0.6 is 0 Å². The standard InChI is InChI=1S/C25H30N6O5/c1-16(32)21(29-22(33)17-6-2-10-26-14-17)25(36)31-13-5-9-20(31)24(35)30-12-4-8-19(30)23(34)28-18-7-3-11-27-15-18/h2-3,6-7,10-11,14-16,19-21,32H,4-5,8-9,12-13H2,1H3,(H,28,34)(H,29,33)/t16-,19+,20+,21+/m1/s1. The summed E-state index contributed by atoms with van der Waals surface area (Å²) in [5, 5.41) is 15.7. The number of likely N-dealkylation sites (tertiary alicyclic amines) is 2. The molecular weight excluding hydrogens is 464 g/mol. The number of aliphatic hydroxyl groups excluding tert-OH is 1. The smallest absolute Gasteiger partial charge is 0.253 e. The van der Waals surface area contributed by atoms with Crippen molar-refractivity contribution in [2.24, 2.45) is 0 Å². The van der Waals surface area contributed by atoms with E-state index in [2.05, 4.69) is 20.6 Å². The third-order valence-electron chi connectivity index (χ3n) is 6.55. The number of aliphatic hydroxyl groups is 1. The fourth-order valence-electron chi connectivity index (χ4n) is 4.73. The molecule has 2 saturated heterocycles. The molecule has 2 aromatic rings. The Labute approximate surface area is 208 Å². The van der Waals surface area contributed by atoms with Crippen LogP contribution in [0.25, 0.3) is 0 Å². The number of rotatable bonds is 7. The highest BCUT2D eigenvalue weighted by Gasteiger charge is 2.44. The number of amides is 4. The van der Waals surface area contributed by atoms with Gasteiger partial charge in [-0.15, -0.1) is 0 Å². The Balaban J connectivity index is 1.45. The van der Waals surface area contributed by atoms with Gasteiger partial charge in [0.1, 0.15) is 18.1 Å². The van der Waals surface area contributed by atoms with Crippen LogP contribution in [0.2, 0.25) is 0 Å². The predicted molar refractivity (Wildman–Crippen MR) is 130 cm³/mol. The van der Waals surface area contributed by atoms with Gasteiger partial charge >= 0.3 is 0 Å². The van der Waals surface area contributed by atoms with E-state index < -0.39 is 36.0 Å². The first kappa shape index (κ1) is 25.2. The molecule has 0 aromatic carbocycles. The number of anilines is 1. The van der Waals surface area contributed by atoms with Crippen molar-refractivity contribution < 1.29 is 24.3 Å². The highest BCUT2D eigenvalue weighted by atomic mass is 16.3. The molecule has 36 heavy (non-hydrogen) atoms. The van der Waals surface area contributed by atoms with Crippen LogP contribution in [0.1, 0.15) is 43.0 Å². The van der Waals surface area contributed by atoms with Gasteiger partial charge in [-0.05, 0) is 56.9 Å². The molecule has 4 rings (SSSR count). The molecule has 11 heteroatoms. The number of hydrogen-bond donors (Lipinski definition) is 3. The summed E-state index contributed by atoms with van der Waals surface area (Å²) in [6.45, 7) is 2.15. The summed E-state index contributed by atoms with van der Waals surface area (Å²) < 4.78 is 0. The van der Waals surface area contributed by atoms with Crippen molar-refractivity contribution in [3.63, 3.8) is 0 Å². The number of hydrogen-bond acceptors (Lipinski definition) is 7. The second-order valence-corrected chi connectivity index (χ2v) is 9.04. The minimum atomic E-state index is -1.23. The molecule has 2 fully saturated rings. The fourth-order valence-corrected chi connectivity index (χ4v) is 4.73. The van der Waals surface area contributed by atoms with Gasteiger partial charge < -0.3 is 25.5 Å². The van der Waals surface area contributed by atoms with E-state index >= 15 is 0 Å². The molecule has 4 amide bonds. The van der Waals surface area contributed by atoms with Crippen LogP contribution in [0.5, 0.6) is 0 Å². The average Bonchev–Trinajstić information content (AvgIpc) is 3.58. The second-order valence-electron chi connectivity index (χ2n) is 9.04. The summed E-state index contributed by atoms with van der Waals surface area (Å²) in [6, 6.07) is 3.95. The van der Waals surface area contributed by atoms with Crippen molar-refractivity contribution >= 4 is 29.3 Å². The Hall–Kier alpha value is -3.86. The van der Waals surface area contributed by atoms with Crippen molar-refractivity contribution in [3.8, 4) is 0 Å². The first-order chi connectivity index (χ1) is 17.4. The van der Waals surface area contributed by atoms with E-state index in [4.69, 9.17) is 0 Å². The molecule has 4 atom stereocenters. The average molecular weight is 495 g/mol. The quantitative estimate of drug-likeness (QED) is 0.510. The van der Waals surface area contributed by atoms with Crippen LogP contribution in [-0.4, -0.2) is 85.8 Å². The van der Waals surface area contributed by atoms with Crippen LogP contribution in [0.3, 0.4) is 0 Å². The van der Waals surface area contributed by atoms with Gasteiger partial charge in [-0.1, -0.05) is 0 Å². The number of carbonyl (C=O) groups excluding carboxylic acids is 4. The summed E-state index contributed by atoms with van der Waals surface area (Å²) in [5.41, 5.74) is 0.799. The minimum absolute atomic E-state index is 0.254. The molecule has 190 valence electrons. The maximum atomic E-state index is 13.5. The molecule has 4 heterocycles. The maximum absolute atomic E-state index is 13.5. The minimum Gasteiger partial charge on any atom is -0.391 e. The second kappa shape index (κ2) is 11.3. The van der Waals surface area contributed by atoms with Crippen LogP contribution in [0, 0.1) is 0 Å². The van der Waals surface area contributed by atoms with Gasteiger partial charge in [-0.2, -0.15) is 0 Å². The molecule has 0 radical (unpaired) electrons. The van der Waals surface area contributed by atoms with Gasteiger partial charge in [0.15, 0.2) is 0 Å². The summed E-state index contributed by atoms with van der Waals surface area (Å²) >= 11 is 0. The van der Waals surface area contributed by atoms with Crippen molar-refractivity contribution in [3.05, 3.63) is 54.6 Å². The zero-order valence-corrected chi connectivity index (χ0v) is 20.0. The Kier molecular flexibility index (Phi) is 7.89. The van der Waals surface area contributed by atoms with Gasteiger partial charge in [-0.3, -0.25) is 29.1 Å². The summed E-state index contributed by atoms with van der Waals surface area (Å²) in [5.74, 6) is -1.67. The summed E-state index contributed by atoms with van der Waals surface area (Å²) in [6.07, 6.45) is 7.10. The first-order valence-corrected chi connectivity index (χ1v) is 12.1. The third-order valence-corrected chi connectivity index (χ3v) is 6.55. The molecule has 2 aromatic heterocycles.